The van der Waals surface area contributed by atoms with Gasteiger partial charge < -0.3 is 15.0 Å². The van der Waals surface area contributed by atoms with Crippen LogP contribution in [0.25, 0.3) is 10.8 Å². The number of benzene rings is 2. The first-order chi connectivity index (χ1) is 14.4. The lowest BCUT2D eigenvalue weighted by molar-refractivity contribution is -0.148. The summed E-state index contributed by atoms with van der Waals surface area (Å²) in [4.78, 5) is 28.0. The van der Waals surface area contributed by atoms with Crippen LogP contribution in [0.3, 0.4) is 0 Å². The van der Waals surface area contributed by atoms with Gasteiger partial charge in [0.2, 0.25) is 5.91 Å². The number of methoxy groups -OCH3 is 1. The summed E-state index contributed by atoms with van der Waals surface area (Å²) in [7, 11) is 1.53. The number of aromatic amines is 1. The first-order valence-electron chi connectivity index (χ1n) is 9.52. The fourth-order valence-electron chi connectivity index (χ4n) is 4.32. The molecular formula is C20H20N6O3S. The van der Waals surface area contributed by atoms with Gasteiger partial charge in [-0.2, -0.15) is 5.21 Å². The average molecular weight is 424 g/mol. The average Bonchev–Trinajstić information content (AvgIpc) is 3.35. The Morgan fingerprint density at radius 2 is 2.07 bits per heavy atom. The van der Waals surface area contributed by atoms with Crippen molar-refractivity contribution in [3.8, 4) is 5.75 Å². The lowest BCUT2D eigenvalue weighted by Crippen LogP contribution is -2.67. The topological polar surface area (TPSA) is 113 Å². The molecule has 10 heteroatoms. The van der Waals surface area contributed by atoms with Gasteiger partial charge in [-0.3, -0.25) is 9.59 Å². The van der Waals surface area contributed by atoms with Gasteiger partial charge in [-0.1, -0.05) is 35.5 Å². The summed E-state index contributed by atoms with van der Waals surface area (Å²) in [6.07, 6.45) is 0. The summed E-state index contributed by atoms with van der Waals surface area (Å²) in [5, 5.41) is 18.7. The molecule has 2 unspecified atom stereocenters. The molecule has 5 rings (SSSR count). The molecule has 2 N–H and O–H groups in total. The molecule has 154 valence electrons. The van der Waals surface area contributed by atoms with Crippen molar-refractivity contribution < 1.29 is 14.3 Å². The van der Waals surface area contributed by atoms with Gasteiger partial charge in [0, 0.05) is 4.75 Å². The van der Waals surface area contributed by atoms with Crippen molar-refractivity contribution in [3.05, 3.63) is 47.8 Å². The van der Waals surface area contributed by atoms with E-state index in [0.717, 1.165) is 10.8 Å². The highest BCUT2D eigenvalue weighted by Gasteiger charge is 2.63. The van der Waals surface area contributed by atoms with E-state index in [1.807, 2.05) is 44.2 Å². The molecule has 2 saturated heterocycles. The number of hydrogen-bond donors (Lipinski definition) is 2. The molecule has 2 amide bonds. The zero-order chi connectivity index (χ0) is 21.0. The highest BCUT2D eigenvalue weighted by Crippen LogP contribution is 2.56. The second-order valence-electron chi connectivity index (χ2n) is 7.85. The minimum Gasteiger partial charge on any atom is -0.496 e. The quantitative estimate of drug-likeness (QED) is 0.615. The van der Waals surface area contributed by atoms with E-state index in [1.54, 1.807) is 22.7 Å². The molecule has 2 aliphatic heterocycles. The first kappa shape index (κ1) is 18.9. The Morgan fingerprint density at radius 1 is 1.27 bits per heavy atom. The minimum atomic E-state index is -0.623. The van der Waals surface area contributed by atoms with E-state index in [-0.39, 0.29) is 28.0 Å². The molecule has 9 nitrogen and oxygen atoms in total. The van der Waals surface area contributed by atoms with Gasteiger partial charge in [-0.15, -0.1) is 22.0 Å². The zero-order valence-corrected chi connectivity index (χ0v) is 17.4. The molecule has 0 spiro atoms. The Kier molecular flexibility index (Phi) is 4.21. The number of nitrogens with one attached hydrogen (secondary N) is 2. The molecule has 3 atom stereocenters. The lowest BCUT2D eigenvalue weighted by atomic mass is 9.95. The van der Waals surface area contributed by atoms with Gasteiger partial charge in [0.15, 0.2) is 5.82 Å². The number of fused-ring (bicyclic) bond motifs is 2. The Hall–Kier alpha value is -3.14. The number of nitrogens with zero attached hydrogens (tertiary/aromatic N) is 4. The number of tetrazole rings is 1. The molecule has 2 fully saturated rings. The number of amides is 2. The van der Waals surface area contributed by atoms with Crippen LogP contribution in [0.5, 0.6) is 5.75 Å². The van der Waals surface area contributed by atoms with E-state index in [2.05, 4.69) is 25.9 Å². The van der Waals surface area contributed by atoms with Crippen molar-refractivity contribution in [2.24, 2.45) is 0 Å². The van der Waals surface area contributed by atoms with Crippen LogP contribution in [-0.4, -0.2) is 60.6 Å². The second kappa shape index (κ2) is 6.69. The minimum absolute atomic E-state index is 0.152. The van der Waals surface area contributed by atoms with Crippen LogP contribution < -0.4 is 10.1 Å². The predicted molar refractivity (Wildman–Crippen MR) is 111 cm³/mol. The normalized spacial score (nSPS) is 24.4. The highest BCUT2D eigenvalue weighted by molar-refractivity contribution is 8.01. The SMILES string of the molecule is COc1ccc2ccccc2c1C(=O)NC1C(=O)N2C(c3nn[nH]n3)C(C)(C)S[C@@H]12. The van der Waals surface area contributed by atoms with Crippen LogP contribution in [0.4, 0.5) is 0 Å². The Bertz CT molecular complexity index is 1150. The van der Waals surface area contributed by atoms with E-state index >= 15 is 0 Å². The molecule has 3 aromatic rings. The maximum absolute atomic E-state index is 13.2. The number of ether oxygens (including phenoxy) is 1. The number of thioether (sulfide) groups is 1. The molecule has 3 heterocycles. The van der Waals surface area contributed by atoms with Crippen molar-refractivity contribution in [3.63, 3.8) is 0 Å². The van der Waals surface area contributed by atoms with Gasteiger partial charge in [0.1, 0.15) is 23.2 Å². The summed E-state index contributed by atoms with van der Waals surface area (Å²) in [6, 6.07) is 10.4. The third-order valence-electron chi connectivity index (χ3n) is 5.67. The molecule has 0 aliphatic carbocycles. The summed E-state index contributed by atoms with van der Waals surface area (Å²) in [6.45, 7) is 4.08. The van der Waals surface area contributed by atoms with Crippen molar-refractivity contribution in [2.45, 2.75) is 36.1 Å². The van der Waals surface area contributed by atoms with E-state index < -0.39 is 6.04 Å². The number of rotatable bonds is 4. The van der Waals surface area contributed by atoms with Crippen LogP contribution in [0.2, 0.25) is 0 Å². The summed E-state index contributed by atoms with van der Waals surface area (Å²) >= 11 is 1.62. The van der Waals surface area contributed by atoms with Gasteiger partial charge >= 0.3 is 0 Å². The van der Waals surface area contributed by atoms with Crippen molar-refractivity contribution in [1.82, 2.24) is 30.8 Å². The van der Waals surface area contributed by atoms with E-state index in [1.165, 1.54) is 7.11 Å². The summed E-state index contributed by atoms with van der Waals surface area (Å²) < 4.78 is 5.11. The van der Waals surface area contributed by atoms with Gasteiger partial charge in [0.25, 0.3) is 5.91 Å². The number of carbonyl (C=O) groups excluding carboxylic acids is 2. The molecule has 0 radical (unpaired) electrons. The highest BCUT2D eigenvalue weighted by atomic mass is 32.2. The number of aromatic nitrogens is 4. The largest absolute Gasteiger partial charge is 0.496 e. The first-order valence-corrected chi connectivity index (χ1v) is 10.4. The lowest BCUT2D eigenvalue weighted by Gasteiger charge is -2.44. The van der Waals surface area contributed by atoms with E-state index in [0.29, 0.717) is 17.1 Å². The number of β-lactam (4-membered cyclic amide) rings is 1. The molecule has 2 aliphatic rings. The van der Waals surface area contributed by atoms with Crippen LogP contribution in [0, 0.1) is 0 Å². The molecule has 2 aromatic carbocycles. The fourth-order valence-corrected chi connectivity index (χ4v) is 5.95. The molecule has 0 bridgehead atoms. The van der Waals surface area contributed by atoms with Crippen LogP contribution in [0.1, 0.15) is 36.1 Å². The Morgan fingerprint density at radius 3 is 2.80 bits per heavy atom. The Labute approximate surface area is 176 Å². The third-order valence-corrected chi connectivity index (χ3v) is 7.24. The smallest absolute Gasteiger partial charge is 0.256 e. The molecule has 30 heavy (non-hydrogen) atoms. The van der Waals surface area contributed by atoms with Gasteiger partial charge in [-0.25, -0.2) is 0 Å². The van der Waals surface area contributed by atoms with E-state index in [4.69, 9.17) is 4.74 Å². The second-order valence-corrected chi connectivity index (χ2v) is 9.62. The van der Waals surface area contributed by atoms with Crippen LogP contribution in [0.15, 0.2) is 36.4 Å². The van der Waals surface area contributed by atoms with Crippen molar-refractivity contribution in [1.29, 1.82) is 0 Å². The Balaban J connectivity index is 1.44. The maximum Gasteiger partial charge on any atom is 0.256 e. The molecular weight excluding hydrogens is 404 g/mol. The summed E-state index contributed by atoms with van der Waals surface area (Å²) in [5.74, 6) is 0.464. The number of H-pyrrole nitrogens is 1. The van der Waals surface area contributed by atoms with Crippen molar-refractivity contribution >= 4 is 34.3 Å². The predicted octanol–water partition coefficient (Wildman–Crippen LogP) is 1.89. The fraction of sp³-hybridized carbons (Fsp3) is 0.350. The van der Waals surface area contributed by atoms with E-state index in [9.17, 15) is 9.59 Å². The summed E-state index contributed by atoms with van der Waals surface area (Å²) in [5.41, 5.74) is 0.429. The monoisotopic (exact) mass is 424 g/mol. The van der Waals surface area contributed by atoms with Crippen molar-refractivity contribution in [2.75, 3.05) is 7.11 Å². The maximum atomic E-state index is 13.2. The van der Waals surface area contributed by atoms with Crippen LogP contribution >= 0.6 is 11.8 Å². The van der Waals surface area contributed by atoms with Gasteiger partial charge in [0.05, 0.1) is 12.7 Å². The third kappa shape index (κ3) is 2.67. The van der Waals surface area contributed by atoms with Gasteiger partial charge in [-0.05, 0) is 30.7 Å². The van der Waals surface area contributed by atoms with Crippen LogP contribution in [-0.2, 0) is 4.79 Å². The number of carbonyl (C=O) groups is 2. The number of hydrogen-bond acceptors (Lipinski definition) is 7. The molecule has 0 saturated carbocycles. The standard InChI is InChI=1S/C20H20N6O3S/c1-20(2)15(16-22-24-25-23-16)26-18(28)14(19(26)30-20)21-17(27)13-11-7-5-4-6-10(11)8-9-12(13)29-3/h4-9,14-15,19H,1-3H3,(H,21,27)(H,22,23,24,25)/t14?,15?,19-/m0/s1. The zero-order valence-electron chi connectivity index (χ0n) is 16.6. The molecule has 1 aromatic heterocycles.